The highest BCUT2D eigenvalue weighted by Gasteiger charge is 2.27. The molecule has 0 atom stereocenters. The van der Waals surface area contributed by atoms with Crippen LogP contribution in [0.2, 0.25) is 0 Å². The summed E-state index contributed by atoms with van der Waals surface area (Å²) in [5.41, 5.74) is 1.96. The number of hydrogen-bond donors (Lipinski definition) is 0. The Morgan fingerprint density at radius 3 is 2.57 bits per heavy atom. The topological polar surface area (TPSA) is 74.8 Å². The smallest absolute Gasteiger partial charge is 0.298 e. The average molecular weight is 414 g/mol. The lowest BCUT2D eigenvalue weighted by Gasteiger charge is -2.25. The molecular weight excluding hydrogens is 394 g/mol. The van der Waals surface area contributed by atoms with E-state index < -0.39 is 0 Å². The van der Waals surface area contributed by atoms with Crippen LogP contribution in [0.4, 0.5) is 5.69 Å². The van der Waals surface area contributed by atoms with Crippen LogP contribution in [0.5, 0.6) is 0 Å². The maximum Gasteiger partial charge on any atom is 0.298 e. The van der Waals surface area contributed by atoms with Gasteiger partial charge in [0.15, 0.2) is 5.82 Å². The van der Waals surface area contributed by atoms with Crippen LogP contribution in [-0.4, -0.2) is 26.7 Å². The highest BCUT2D eigenvalue weighted by molar-refractivity contribution is 7.13. The van der Waals surface area contributed by atoms with E-state index in [1.54, 1.807) is 39.1 Å². The molecule has 2 heterocycles. The van der Waals surface area contributed by atoms with E-state index in [-0.39, 0.29) is 17.8 Å². The molecule has 0 aliphatic heterocycles. The summed E-state index contributed by atoms with van der Waals surface area (Å²) in [6, 6.07) is 22.5. The van der Waals surface area contributed by atoms with Gasteiger partial charge < -0.3 is 4.90 Å². The highest BCUT2D eigenvalue weighted by atomic mass is 32.1. The molecule has 30 heavy (non-hydrogen) atoms. The first-order valence-corrected chi connectivity index (χ1v) is 10.4. The zero-order valence-corrected chi connectivity index (χ0v) is 17.4. The van der Waals surface area contributed by atoms with E-state index in [1.807, 2.05) is 67.8 Å². The number of anilines is 1. The molecule has 0 bridgehead atoms. The number of carbonyl (C=O) groups is 1. The van der Waals surface area contributed by atoms with Crippen LogP contribution < -0.4 is 4.90 Å². The second-order valence-corrected chi connectivity index (χ2v) is 7.86. The lowest BCUT2D eigenvalue weighted by molar-refractivity contribution is 0.0970. The van der Waals surface area contributed by atoms with Gasteiger partial charge in [-0.05, 0) is 55.6 Å². The number of benzene rings is 2. The lowest BCUT2D eigenvalue weighted by atomic mass is 10.1. The molecule has 148 valence electrons. The fourth-order valence-electron chi connectivity index (χ4n) is 3.20. The van der Waals surface area contributed by atoms with Crippen molar-refractivity contribution in [2.24, 2.45) is 0 Å². The van der Waals surface area contributed by atoms with E-state index in [9.17, 15) is 10.1 Å². The van der Waals surface area contributed by atoms with Crippen LogP contribution in [0, 0.1) is 11.3 Å². The Bertz CT molecular complexity index is 1210. The predicted molar refractivity (Wildman–Crippen MR) is 118 cm³/mol. The van der Waals surface area contributed by atoms with Crippen molar-refractivity contribution in [3.05, 3.63) is 83.5 Å². The van der Waals surface area contributed by atoms with Gasteiger partial charge >= 0.3 is 0 Å². The maximum atomic E-state index is 13.5. The van der Waals surface area contributed by atoms with Crippen LogP contribution in [0.25, 0.3) is 16.4 Å². The van der Waals surface area contributed by atoms with Crippen molar-refractivity contribution in [2.75, 3.05) is 4.90 Å². The maximum absolute atomic E-state index is 13.5. The van der Waals surface area contributed by atoms with Gasteiger partial charge in [0.05, 0.1) is 22.2 Å². The summed E-state index contributed by atoms with van der Waals surface area (Å²) in [7, 11) is 0. The molecule has 0 saturated carbocycles. The molecular formula is C23H19N5OS. The first-order chi connectivity index (χ1) is 14.6. The molecule has 4 aromatic rings. The van der Waals surface area contributed by atoms with Gasteiger partial charge in [-0.3, -0.25) is 4.79 Å². The van der Waals surface area contributed by atoms with E-state index in [0.717, 1.165) is 10.6 Å². The summed E-state index contributed by atoms with van der Waals surface area (Å²) < 4.78 is 1.70. The Kier molecular flexibility index (Phi) is 5.42. The number of thiophene rings is 1. The minimum atomic E-state index is -0.312. The second-order valence-electron chi connectivity index (χ2n) is 6.91. The third-order valence-corrected chi connectivity index (χ3v) is 5.40. The van der Waals surface area contributed by atoms with Crippen LogP contribution in [0.1, 0.15) is 30.0 Å². The number of rotatable bonds is 5. The molecule has 0 fully saturated rings. The highest BCUT2D eigenvalue weighted by Crippen LogP contribution is 2.27. The number of aromatic nitrogens is 3. The Balaban J connectivity index is 1.81. The molecule has 6 nitrogen and oxygen atoms in total. The quantitative estimate of drug-likeness (QED) is 0.465. The first kappa shape index (κ1) is 19.6. The fraction of sp³-hybridized carbons (Fsp3) is 0.130. The number of amides is 1. The van der Waals surface area contributed by atoms with Gasteiger partial charge in [0, 0.05) is 11.7 Å². The van der Waals surface area contributed by atoms with Crippen molar-refractivity contribution in [1.29, 1.82) is 5.26 Å². The van der Waals surface area contributed by atoms with Crippen molar-refractivity contribution >= 4 is 22.9 Å². The lowest BCUT2D eigenvalue weighted by Crippen LogP contribution is -2.37. The van der Waals surface area contributed by atoms with Crippen molar-refractivity contribution in [2.45, 2.75) is 19.9 Å². The average Bonchev–Trinajstić information content (AvgIpc) is 3.44. The Morgan fingerprint density at radius 1 is 1.10 bits per heavy atom. The summed E-state index contributed by atoms with van der Waals surface area (Å²) in [6.45, 7) is 3.84. The molecule has 1 amide bonds. The van der Waals surface area contributed by atoms with E-state index in [0.29, 0.717) is 17.1 Å². The number of carbonyl (C=O) groups excluding carboxylic acids is 1. The third kappa shape index (κ3) is 3.73. The number of nitrogens with zero attached hydrogens (tertiary/aromatic N) is 5. The van der Waals surface area contributed by atoms with Gasteiger partial charge in [-0.25, -0.2) is 9.67 Å². The molecule has 2 aromatic heterocycles. The number of nitriles is 1. The van der Waals surface area contributed by atoms with Gasteiger partial charge in [0.25, 0.3) is 5.91 Å². The standard InChI is InChI=1S/C23H19N5OS/c1-16(2)27(19-11-6-8-17(14-19)15-24)23(29)21-25-22(20-12-7-13-30-20)28(26-21)18-9-4-3-5-10-18/h3-14,16H,1-2H3. The molecule has 0 aliphatic rings. The van der Waals surface area contributed by atoms with Crippen LogP contribution in [-0.2, 0) is 0 Å². The second kappa shape index (κ2) is 8.31. The molecule has 0 unspecified atom stereocenters. The molecule has 0 radical (unpaired) electrons. The minimum absolute atomic E-state index is 0.110. The molecule has 0 spiro atoms. The van der Waals surface area contributed by atoms with Gasteiger partial charge in [0.1, 0.15) is 0 Å². The summed E-state index contributed by atoms with van der Waals surface area (Å²) in [4.78, 5) is 20.6. The molecule has 7 heteroatoms. The molecule has 0 N–H and O–H groups in total. The molecule has 4 rings (SSSR count). The summed E-state index contributed by atoms with van der Waals surface area (Å²) >= 11 is 1.54. The van der Waals surface area contributed by atoms with E-state index in [2.05, 4.69) is 16.2 Å². The first-order valence-electron chi connectivity index (χ1n) is 9.48. The van der Waals surface area contributed by atoms with Crippen molar-refractivity contribution in [3.63, 3.8) is 0 Å². The van der Waals surface area contributed by atoms with Crippen LogP contribution in [0.3, 0.4) is 0 Å². The zero-order valence-electron chi connectivity index (χ0n) is 16.6. The molecule has 0 saturated heterocycles. The van der Waals surface area contributed by atoms with Crippen molar-refractivity contribution in [1.82, 2.24) is 14.8 Å². The van der Waals surface area contributed by atoms with Gasteiger partial charge in [-0.15, -0.1) is 16.4 Å². The SMILES string of the molecule is CC(C)N(C(=O)c1nc(-c2cccs2)n(-c2ccccc2)n1)c1cccc(C#N)c1. The Hall–Kier alpha value is -3.76. The third-order valence-electron chi connectivity index (χ3n) is 4.53. The van der Waals surface area contributed by atoms with Crippen LogP contribution in [0.15, 0.2) is 72.1 Å². The van der Waals surface area contributed by atoms with E-state index in [1.165, 1.54) is 0 Å². The minimum Gasteiger partial charge on any atom is -0.303 e. The monoisotopic (exact) mass is 413 g/mol. The Labute approximate surface area is 178 Å². The summed E-state index contributed by atoms with van der Waals surface area (Å²) in [5.74, 6) is 0.417. The normalized spacial score (nSPS) is 10.7. The predicted octanol–water partition coefficient (Wildman–Crippen LogP) is 4.92. The largest absolute Gasteiger partial charge is 0.303 e. The summed E-state index contributed by atoms with van der Waals surface area (Å²) in [6.07, 6.45) is 0. The van der Waals surface area contributed by atoms with Gasteiger partial charge in [-0.1, -0.05) is 30.3 Å². The van der Waals surface area contributed by atoms with Gasteiger partial charge in [0.2, 0.25) is 5.82 Å². The van der Waals surface area contributed by atoms with Crippen molar-refractivity contribution < 1.29 is 4.79 Å². The molecule has 2 aromatic carbocycles. The van der Waals surface area contributed by atoms with Crippen LogP contribution >= 0.6 is 11.3 Å². The molecule has 0 aliphatic carbocycles. The van der Waals surface area contributed by atoms with Gasteiger partial charge in [-0.2, -0.15) is 5.26 Å². The van der Waals surface area contributed by atoms with E-state index in [4.69, 9.17) is 0 Å². The van der Waals surface area contributed by atoms with E-state index >= 15 is 0 Å². The summed E-state index contributed by atoms with van der Waals surface area (Å²) in [5, 5.41) is 15.8. The Morgan fingerprint density at radius 2 is 1.90 bits per heavy atom. The number of para-hydroxylation sites is 1. The van der Waals surface area contributed by atoms with Crippen molar-refractivity contribution in [3.8, 4) is 22.5 Å². The fourth-order valence-corrected chi connectivity index (χ4v) is 3.90. The zero-order chi connectivity index (χ0) is 21.1. The number of hydrogen-bond acceptors (Lipinski definition) is 5.